The van der Waals surface area contributed by atoms with Crippen molar-refractivity contribution in [2.24, 2.45) is 4.99 Å². The van der Waals surface area contributed by atoms with Crippen molar-refractivity contribution in [3.63, 3.8) is 0 Å². The molecule has 0 fully saturated rings. The Morgan fingerprint density at radius 3 is 2.34 bits per heavy atom. The number of aliphatic imine (C=N–C) groups is 1. The average molecular weight is 429 g/mol. The van der Waals surface area contributed by atoms with Gasteiger partial charge in [-0.1, -0.05) is 37.3 Å². The van der Waals surface area contributed by atoms with Crippen LogP contribution in [0, 0.1) is 0 Å². The molecule has 1 aromatic carbocycles. The van der Waals surface area contributed by atoms with Gasteiger partial charge in [-0.3, -0.25) is 0 Å². The van der Waals surface area contributed by atoms with E-state index in [1.54, 1.807) is 0 Å². The molecular weight excluding hydrogens is 396 g/mol. The molecule has 0 unspecified atom stereocenters. The molecule has 3 aliphatic rings. The SMILES string of the molecule is CCOC(=O)C1=N/C(=C(/c2ccccc2)c2[nH]c(CC)c3c2CCCC3)C2=C1CCCC2. The van der Waals surface area contributed by atoms with Crippen LogP contribution >= 0.6 is 0 Å². The second-order valence-electron chi connectivity index (χ2n) is 8.93. The molecule has 0 radical (unpaired) electrons. The third-order valence-electron chi connectivity index (χ3n) is 7.04. The maximum Gasteiger partial charge on any atom is 0.357 e. The highest BCUT2D eigenvalue weighted by Gasteiger charge is 2.34. The molecule has 2 aromatic rings. The number of rotatable bonds is 5. The molecule has 5 rings (SSSR count). The van der Waals surface area contributed by atoms with Crippen molar-refractivity contribution in [1.82, 2.24) is 4.98 Å². The van der Waals surface area contributed by atoms with E-state index in [1.165, 1.54) is 40.9 Å². The van der Waals surface area contributed by atoms with E-state index in [4.69, 9.17) is 9.73 Å². The Labute approximate surface area is 190 Å². The summed E-state index contributed by atoms with van der Waals surface area (Å²) in [6.45, 7) is 4.45. The van der Waals surface area contributed by atoms with Gasteiger partial charge in [-0.15, -0.1) is 0 Å². The van der Waals surface area contributed by atoms with Crippen molar-refractivity contribution in [3.8, 4) is 0 Å². The molecule has 32 heavy (non-hydrogen) atoms. The number of H-pyrrole nitrogens is 1. The Kier molecular flexibility index (Phi) is 5.86. The van der Waals surface area contributed by atoms with Crippen molar-refractivity contribution in [2.75, 3.05) is 6.61 Å². The lowest BCUT2D eigenvalue weighted by Crippen LogP contribution is -2.19. The zero-order valence-corrected chi connectivity index (χ0v) is 19.2. The molecule has 4 heteroatoms. The number of benzene rings is 1. The summed E-state index contributed by atoms with van der Waals surface area (Å²) in [5.74, 6) is -0.285. The maximum atomic E-state index is 12.8. The Morgan fingerprint density at radius 1 is 0.938 bits per heavy atom. The maximum absolute atomic E-state index is 12.8. The highest BCUT2D eigenvalue weighted by atomic mass is 16.5. The standard InChI is InChI=1S/C28H32N2O2/c1-3-23-19-14-8-9-15-20(19)25(29-23)24(18-12-6-5-7-13-18)26-21-16-10-11-17-22(21)27(30-26)28(31)32-4-2/h5-7,12-13,29H,3-4,8-11,14-17H2,1-2H3/b26-24-. The van der Waals surface area contributed by atoms with E-state index in [0.717, 1.165) is 67.4 Å². The van der Waals surface area contributed by atoms with Gasteiger partial charge in [0.15, 0.2) is 5.71 Å². The summed E-state index contributed by atoms with van der Waals surface area (Å²) >= 11 is 0. The quantitative estimate of drug-likeness (QED) is 0.585. The lowest BCUT2D eigenvalue weighted by molar-refractivity contribution is -0.134. The van der Waals surface area contributed by atoms with Gasteiger partial charge in [0, 0.05) is 11.3 Å². The van der Waals surface area contributed by atoms with E-state index in [-0.39, 0.29) is 5.97 Å². The predicted octanol–water partition coefficient (Wildman–Crippen LogP) is 6.10. The highest BCUT2D eigenvalue weighted by Crippen LogP contribution is 2.44. The number of allylic oxidation sites excluding steroid dienone is 1. The van der Waals surface area contributed by atoms with Gasteiger partial charge < -0.3 is 9.72 Å². The van der Waals surface area contributed by atoms with Crippen LogP contribution in [0.2, 0.25) is 0 Å². The smallest absolute Gasteiger partial charge is 0.357 e. The molecular formula is C28H32N2O2. The Bertz CT molecular complexity index is 1130. The first kappa shape index (κ1) is 21.0. The van der Waals surface area contributed by atoms with E-state index in [9.17, 15) is 4.79 Å². The van der Waals surface area contributed by atoms with Crippen LogP contribution in [0.1, 0.15) is 80.5 Å². The van der Waals surface area contributed by atoms with Gasteiger partial charge in [-0.2, -0.15) is 0 Å². The minimum Gasteiger partial charge on any atom is -0.461 e. The van der Waals surface area contributed by atoms with Crippen LogP contribution in [0.25, 0.3) is 5.57 Å². The van der Waals surface area contributed by atoms with Crippen molar-refractivity contribution in [2.45, 2.75) is 71.6 Å². The van der Waals surface area contributed by atoms with Crippen LogP contribution in [0.3, 0.4) is 0 Å². The largest absolute Gasteiger partial charge is 0.461 e. The molecule has 1 aliphatic heterocycles. The van der Waals surface area contributed by atoms with Crippen LogP contribution in [0.15, 0.2) is 52.2 Å². The van der Waals surface area contributed by atoms with Crippen LogP contribution in [-0.2, 0) is 28.8 Å². The second kappa shape index (κ2) is 8.93. The molecule has 1 aromatic heterocycles. The van der Waals surface area contributed by atoms with Crippen molar-refractivity contribution >= 4 is 17.3 Å². The number of esters is 1. The number of aromatic nitrogens is 1. The van der Waals surface area contributed by atoms with Gasteiger partial charge in [-0.05, 0) is 92.5 Å². The fraction of sp³-hybridized carbons (Fsp3) is 0.429. The summed E-state index contributed by atoms with van der Waals surface area (Å²) < 4.78 is 5.39. The van der Waals surface area contributed by atoms with Crippen LogP contribution in [-0.4, -0.2) is 23.3 Å². The number of nitrogens with zero attached hydrogens (tertiary/aromatic N) is 1. The zero-order chi connectivity index (χ0) is 22.1. The Morgan fingerprint density at radius 2 is 1.62 bits per heavy atom. The molecule has 0 saturated heterocycles. The summed E-state index contributed by atoms with van der Waals surface area (Å²) in [6.07, 6.45) is 9.85. The number of fused-ring (bicyclic) bond motifs is 1. The highest BCUT2D eigenvalue weighted by molar-refractivity contribution is 6.45. The van der Waals surface area contributed by atoms with E-state index in [2.05, 4.69) is 42.2 Å². The van der Waals surface area contributed by atoms with Crippen molar-refractivity contribution < 1.29 is 9.53 Å². The summed E-state index contributed by atoms with van der Waals surface area (Å²) in [7, 11) is 0. The molecule has 0 atom stereocenters. The number of aryl methyl sites for hydroxylation is 1. The molecule has 0 amide bonds. The van der Waals surface area contributed by atoms with Crippen LogP contribution < -0.4 is 0 Å². The number of aromatic amines is 1. The number of carbonyl (C=O) groups is 1. The molecule has 2 aliphatic carbocycles. The first-order valence-corrected chi connectivity index (χ1v) is 12.2. The number of carbonyl (C=O) groups excluding carboxylic acids is 1. The summed E-state index contributed by atoms with van der Waals surface area (Å²) in [5, 5.41) is 0. The molecule has 0 spiro atoms. The second-order valence-corrected chi connectivity index (χ2v) is 8.93. The van der Waals surface area contributed by atoms with Gasteiger partial charge in [0.1, 0.15) is 0 Å². The van der Waals surface area contributed by atoms with Gasteiger partial charge in [-0.25, -0.2) is 9.79 Å². The first-order valence-electron chi connectivity index (χ1n) is 12.2. The Balaban J connectivity index is 1.78. The lowest BCUT2D eigenvalue weighted by atomic mass is 9.85. The Hall–Kier alpha value is -2.88. The fourth-order valence-electron chi connectivity index (χ4n) is 5.59. The number of ether oxygens (including phenoxy) is 1. The van der Waals surface area contributed by atoms with E-state index in [1.807, 2.05) is 6.92 Å². The zero-order valence-electron chi connectivity index (χ0n) is 19.2. The third-order valence-corrected chi connectivity index (χ3v) is 7.04. The molecule has 1 N–H and O–H groups in total. The van der Waals surface area contributed by atoms with Crippen LogP contribution in [0.4, 0.5) is 0 Å². The summed E-state index contributed by atoms with van der Waals surface area (Å²) in [6, 6.07) is 10.6. The number of nitrogens with one attached hydrogen (secondary N) is 1. The fourth-order valence-corrected chi connectivity index (χ4v) is 5.59. The van der Waals surface area contributed by atoms with E-state index < -0.39 is 0 Å². The number of hydrogen-bond donors (Lipinski definition) is 1. The van der Waals surface area contributed by atoms with Gasteiger partial charge in [0.25, 0.3) is 0 Å². The van der Waals surface area contributed by atoms with Gasteiger partial charge >= 0.3 is 5.97 Å². The molecule has 2 heterocycles. The third kappa shape index (κ3) is 3.56. The number of hydrogen-bond acceptors (Lipinski definition) is 3. The molecule has 4 nitrogen and oxygen atoms in total. The topological polar surface area (TPSA) is 54.4 Å². The average Bonchev–Trinajstić information content (AvgIpc) is 3.40. The van der Waals surface area contributed by atoms with Gasteiger partial charge in [0.2, 0.25) is 0 Å². The van der Waals surface area contributed by atoms with Crippen molar-refractivity contribution in [3.05, 3.63) is 75.3 Å². The van der Waals surface area contributed by atoms with E-state index >= 15 is 0 Å². The lowest BCUT2D eigenvalue weighted by Gasteiger charge is -2.19. The molecule has 0 bridgehead atoms. The first-order chi connectivity index (χ1) is 15.7. The molecule has 0 saturated carbocycles. The van der Waals surface area contributed by atoms with E-state index in [0.29, 0.717) is 12.3 Å². The summed E-state index contributed by atoms with van der Waals surface area (Å²) in [5.41, 5.74) is 11.7. The predicted molar refractivity (Wildman–Crippen MR) is 129 cm³/mol. The monoisotopic (exact) mass is 428 g/mol. The van der Waals surface area contributed by atoms with Crippen molar-refractivity contribution in [1.29, 1.82) is 0 Å². The summed E-state index contributed by atoms with van der Waals surface area (Å²) in [4.78, 5) is 21.6. The normalized spacial score (nSPS) is 19.4. The minimum absolute atomic E-state index is 0.285. The minimum atomic E-state index is -0.285. The van der Waals surface area contributed by atoms with Gasteiger partial charge in [0.05, 0.1) is 18.0 Å². The van der Waals surface area contributed by atoms with Crippen LogP contribution in [0.5, 0.6) is 0 Å². The molecule has 166 valence electrons.